The van der Waals surface area contributed by atoms with Crippen LogP contribution in [0.2, 0.25) is 5.02 Å². The van der Waals surface area contributed by atoms with Crippen molar-refractivity contribution in [3.63, 3.8) is 0 Å². The third kappa shape index (κ3) is 2.90. The van der Waals surface area contributed by atoms with Crippen molar-refractivity contribution in [3.05, 3.63) is 40.5 Å². The molecule has 0 atom stereocenters. The molecular formula is C15H21ClN4. The first kappa shape index (κ1) is 14.7. The van der Waals surface area contributed by atoms with E-state index in [-0.39, 0.29) is 6.04 Å². The van der Waals surface area contributed by atoms with Crippen LogP contribution in [-0.2, 0) is 6.54 Å². The van der Waals surface area contributed by atoms with Crippen molar-refractivity contribution >= 4 is 23.1 Å². The van der Waals surface area contributed by atoms with Crippen LogP contribution in [0, 0.1) is 6.92 Å². The van der Waals surface area contributed by atoms with Gasteiger partial charge in [-0.15, -0.1) is 0 Å². The molecule has 0 unspecified atom stereocenters. The van der Waals surface area contributed by atoms with E-state index in [1.165, 1.54) is 5.56 Å². The van der Waals surface area contributed by atoms with Crippen LogP contribution in [0.4, 0.5) is 11.5 Å². The summed E-state index contributed by atoms with van der Waals surface area (Å²) in [6.45, 7) is 6.91. The average Bonchev–Trinajstić information content (AvgIpc) is 2.69. The lowest BCUT2D eigenvalue weighted by molar-refractivity contribution is 0.525. The largest absolute Gasteiger partial charge is 0.394 e. The van der Waals surface area contributed by atoms with Gasteiger partial charge in [0, 0.05) is 24.7 Å². The summed E-state index contributed by atoms with van der Waals surface area (Å²) in [7, 11) is 2.03. The Kier molecular flexibility index (Phi) is 4.23. The zero-order valence-corrected chi connectivity index (χ0v) is 13.1. The van der Waals surface area contributed by atoms with E-state index in [0.29, 0.717) is 0 Å². The zero-order valence-electron chi connectivity index (χ0n) is 12.4. The van der Waals surface area contributed by atoms with E-state index >= 15 is 0 Å². The van der Waals surface area contributed by atoms with Crippen LogP contribution < -0.4 is 10.6 Å². The molecule has 0 saturated heterocycles. The minimum Gasteiger partial charge on any atom is -0.394 e. The van der Waals surface area contributed by atoms with Gasteiger partial charge in [-0.25, -0.2) is 4.68 Å². The lowest BCUT2D eigenvalue weighted by Gasteiger charge is -2.23. The van der Waals surface area contributed by atoms with Gasteiger partial charge in [-0.1, -0.05) is 23.7 Å². The maximum absolute atomic E-state index is 6.17. The van der Waals surface area contributed by atoms with E-state index in [9.17, 15) is 0 Å². The number of nitrogen functional groups attached to an aromatic ring is 1. The molecule has 20 heavy (non-hydrogen) atoms. The number of nitrogens with two attached hydrogens (primary N) is 1. The summed E-state index contributed by atoms with van der Waals surface area (Å²) >= 11 is 5.91. The second-order valence-corrected chi connectivity index (χ2v) is 5.78. The van der Waals surface area contributed by atoms with Crippen molar-refractivity contribution in [1.82, 2.24) is 9.78 Å². The molecule has 0 amide bonds. The van der Waals surface area contributed by atoms with Gasteiger partial charge >= 0.3 is 0 Å². The molecule has 2 aromatic rings. The number of benzene rings is 1. The predicted octanol–water partition coefficient (Wildman–Crippen LogP) is 3.64. The molecule has 108 valence electrons. The molecule has 0 aliphatic carbocycles. The molecule has 2 N–H and O–H groups in total. The van der Waals surface area contributed by atoms with Crippen molar-refractivity contribution < 1.29 is 0 Å². The molecule has 1 heterocycles. The van der Waals surface area contributed by atoms with Crippen LogP contribution in [0.15, 0.2) is 24.3 Å². The first-order valence-electron chi connectivity index (χ1n) is 6.70. The summed E-state index contributed by atoms with van der Waals surface area (Å²) in [5.41, 5.74) is 8.98. The zero-order chi connectivity index (χ0) is 14.9. The fraction of sp³-hybridized carbons (Fsp3) is 0.400. The van der Waals surface area contributed by atoms with Gasteiger partial charge in [0.1, 0.15) is 0 Å². The van der Waals surface area contributed by atoms with Crippen LogP contribution in [-0.4, -0.2) is 16.8 Å². The predicted molar refractivity (Wildman–Crippen MR) is 85.3 cm³/mol. The third-order valence-electron chi connectivity index (χ3n) is 3.29. The first-order valence-corrected chi connectivity index (χ1v) is 7.08. The molecule has 5 heteroatoms. The summed E-state index contributed by atoms with van der Waals surface area (Å²) in [4.78, 5) is 2.12. The molecular weight excluding hydrogens is 272 g/mol. The van der Waals surface area contributed by atoms with Crippen molar-refractivity contribution in [2.24, 2.45) is 0 Å². The average molecular weight is 293 g/mol. The summed E-state index contributed by atoms with van der Waals surface area (Å²) in [6, 6.07) is 8.13. The summed E-state index contributed by atoms with van der Waals surface area (Å²) in [6.07, 6.45) is 0. The second-order valence-electron chi connectivity index (χ2n) is 5.34. The third-order valence-corrected chi connectivity index (χ3v) is 3.54. The van der Waals surface area contributed by atoms with Gasteiger partial charge in [-0.3, -0.25) is 0 Å². The van der Waals surface area contributed by atoms with Crippen molar-refractivity contribution in [2.45, 2.75) is 33.4 Å². The quantitative estimate of drug-likeness (QED) is 0.936. The molecule has 0 aliphatic heterocycles. The lowest BCUT2D eigenvalue weighted by Crippen LogP contribution is -2.22. The van der Waals surface area contributed by atoms with Gasteiger partial charge in [-0.05, 0) is 38.5 Å². The van der Waals surface area contributed by atoms with Crippen LogP contribution in [0.1, 0.15) is 31.1 Å². The first-order chi connectivity index (χ1) is 9.40. The highest BCUT2D eigenvalue weighted by atomic mass is 35.5. The fourth-order valence-corrected chi connectivity index (χ4v) is 2.35. The molecule has 1 aromatic carbocycles. The van der Waals surface area contributed by atoms with Gasteiger partial charge in [0.25, 0.3) is 0 Å². The highest BCUT2D eigenvalue weighted by Crippen LogP contribution is 2.29. The van der Waals surface area contributed by atoms with Crippen molar-refractivity contribution in [3.8, 4) is 0 Å². The molecule has 1 aromatic heterocycles. The van der Waals surface area contributed by atoms with E-state index < -0.39 is 0 Å². The summed E-state index contributed by atoms with van der Waals surface area (Å²) in [5, 5.41) is 5.26. The topological polar surface area (TPSA) is 47.1 Å². The Balaban J connectivity index is 2.29. The molecule has 0 aliphatic rings. The number of hydrogen-bond acceptors (Lipinski definition) is 3. The highest BCUT2D eigenvalue weighted by molar-refractivity contribution is 6.30. The number of rotatable bonds is 4. The van der Waals surface area contributed by atoms with E-state index in [4.69, 9.17) is 17.3 Å². The normalized spacial score (nSPS) is 11.1. The monoisotopic (exact) mass is 292 g/mol. The van der Waals surface area contributed by atoms with Gasteiger partial charge in [0.05, 0.1) is 11.4 Å². The van der Waals surface area contributed by atoms with Gasteiger partial charge in [0.2, 0.25) is 0 Å². The summed E-state index contributed by atoms with van der Waals surface area (Å²) < 4.78 is 1.97. The maximum atomic E-state index is 6.17. The van der Waals surface area contributed by atoms with Crippen LogP contribution >= 0.6 is 11.6 Å². The molecule has 0 bridgehead atoms. The van der Waals surface area contributed by atoms with Crippen molar-refractivity contribution in [1.29, 1.82) is 0 Å². The van der Waals surface area contributed by atoms with Crippen LogP contribution in [0.25, 0.3) is 0 Å². The minimum atomic E-state index is 0.272. The number of aryl methyl sites for hydroxylation is 1. The van der Waals surface area contributed by atoms with E-state index in [1.807, 2.05) is 42.9 Å². The Labute approximate surface area is 125 Å². The highest BCUT2D eigenvalue weighted by Gasteiger charge is 2.18. The van der Waals surface area contributed by atoms with E-state index in [0.717, 1.165) is 28.8 Å². The Hall–Kier alpha value is -1.68. The standard InChI is InChI=1S/C15H21ClN4/c1-10(2)20-15(14(17)11(3)18-20)19(4)9-12-5-7-13(16)8-6-12/h5-8,10H,9,17H2,1-4H3. The SMILES string of the molecule is Cc1nn(C(C)C)c(N(C)Cc2ccc(Cl)cc2)c1N. The Morgan fingerprint density at radius 3 is 2.45 bits per heavy atom. The van der Waals surface area contributed by atoms with Gasteiger partial charge < -0.3 is 10.6 Å². The molecule has 0 fully saturated rings. The number of hydrogen-bond donors (Lipinski definition) is 1. The van der Waals surface area contributed by atoms with Crippen LogP contribution in [0.3, 0.4) is 0 Å². The van der Waals surface area contributed by atoms with Gasteiger partial charge in [-0.2, -0.15) is 5.10 Å². The molecule has 0 saturated carbocycles. The van der Waals surface area contributed by atoms with Gasteiger partial charge in [0.15, 0.2) is 5.82 Å². The number of nitrogens with zero attached hydrogens (tertiary/aromatic N) is 3. The van der Waals surface area contributed by atoms with E-state index in [2.05, 4.69) is 23.8 Å². The number of halogens is 1. The molecule has 0 spiro atoms. The van der Waals surface area contributed by atoms with Crippen molar-refractivity contribution in [2.75, 3.05) is 17.7 Å². The minimum absolute atomic E-state index is 0.272. The maximum Gasteiger partial charge on any atom is 0.150 e. The molecule has 0 radical (unpaired) electrons. The number of aromatic nitrogens is 2. The van der Waals surface area contributed by atoms with E-state index in [1.54, 1.807) is 0 Å². The van der Waals surface area contributed by atoms with Crippen LogP contribution in [0.5, 0.6) is 0 Å². The Morgan fingerprint density at radius 1 is 1.30 bits per heavy atom. The Morgan fingerprint density at radius 2 is 1.90 bits per heavy atom. The summed E-state index contributed by atoms with van der Waals surface area (Å²) in [5.74, 6) is 0.965. The Bertz CT molecular complexity index is 587. The smallest absolute Gasteiger partial charge is 0.150 e. The lowest BCUT2D eigenvalue weighted by atomic mass is 10.2. The number of anilines is 2. The molecule has 4 nitrogen and oxygen atoms in total. The fourth-order valence-electron chi connectivity index (χ4n) is 2.23. The molecule has 2 rings (SSSR count). The second kappa shape index (κ2) is 5.75.